The highest BCUT2D eigenvalue weighted by molar-refractivity contribution is 6.03. The molecule has 5 heteroatoms. The van der Waals surface area contributed by atoms with Gasteiger partial charge in [-0.3, -0.25) is 4.79 Å². The average Bonchev–Trinajstić information content (AvgIpc) is 2.65. The number of hydrogen-bond donors (Lipinski definition) is 2. The molecule has 1 aromatic heterocycles. The quantitative estimate of drug-likeness (QED) is 0.702. The number of aryl methyl sites for hydroxylation is 2. The first kappa shape index (κ1) is 17.5. The Bertz CT molecular complexity index is 921. The Balaban J connectivity index is 1.73. The van der Waals surface area contributed by atoms with Crippen molar-refractivity contribution in [3.8, 4) is 5.75 Å². The molecular formula is C21H21N3O2. The average molecular weight is 347 g/mol. The number of ether oxygens (including phenoxy) is 1. The van der Waals surface area contributed by atoms with E-state index < -0.39 is 0 Å². The fourth-order valence-corrected chi connectivity index (χ4v) is 2.56. The number of nitrogens with one attached hydrogen (secondary N) is 2. The SMILES string of the molecule is COc1ccccc1Nc1ccc(C(=O)Nc2cc(C)ccc2C)nc1. The number of nitrogens with zero attached hydrogens (tertiary/aromatic N) is 1. The number of benzene rings is 2. The minimum Gasteiger partial charge on any atom is -0.495 e. The fourth-order valence-electron chi connectivity index (χ4n) is 2.56. The summed E-state index contributed by atoms with van der Waals surface area (Å²) >= 11 is 0. The monoisotopic (exact) mass is 347 g/mol. The third kappa shape index (κ3) is 4.00. The van der Waals surface area contributed by atoms with Gasteiger partial charge in [0.1, 0.15) is 11.4 Å². The maximum Gasteiger partial charge on any atom is 0.274 e. The van der Waals surface area contributed by atoms with Crippen LogP contribution in [-0.2, 0) is 0 Å². The van der Waals surface area contributed by atoms with E-state index in [4.69, 9.17) is 4.74 Å². The van der Waals surface area contributed by atoms with Gasteiger partial charge in [-0.05, 0) is 55.3 Å². The Morgan fingerprint density at radius 2 is 1.81 bits per heavy atom. The van der Waals surface area contributed by atoms with E-state index in [0.717, 1.165) is 33.9 Å². The van der Waals surface area contributed by atoms with Crippen LogP contribution in [0.15, 0.2) is 60.8 Å². The van der Waals surface area contributed by atoms with Crippen LogP contribution in [0.4, 0.5) is 17.1 Å². The molecule has 0 radical (unpaired) electrons. The van der Waals surface area contributed by atoms with E-state index in [2.05, 4.69) is 15.6 Å². The number of hydrogen-bond acceptors (Lipinski definition) is 4. The molecule has 0 saturated heterocycles. The van der Waals surface area contributed by atoms with Crippen molar-refractivity contribution in [2.75, 3.05) is 17.7 Å². The van der Waals surface area contributed by atoms with E-state index >= 15 is 0 Å². The van der Waals surface area contributed by atoms with Crippen molar-refractivity contribution in [1.82, 2.24) is 4.98 Å². The van der Waals surface area contributed by atoms with Crippen molar-refractivity contribution in [2.45, 2.75) is 13.8 Å². The molecule has 3 rings (SSSR count). The number of methoxy groups -OCH3 is 1. The maximum atomic E-state index is 12.4. The summed E-state index contributed by atoms with van der Waals surface area (Å²) in [6, 6.07) is 17.1. The zero-order valence-corrected chi connectivity index (χ0v) is 15.0. The summed E-state index contributed by atoms with van der Waals surface area (Å²) in [5.74, 6) is 0.506. The Morgan fingerprint density at radius 3 is 2.54 bits per heavy atom. The molecule has 0 aliphatic carbocycles. The van der Waals surface area contributed by atoms with Gasteiger partial charge < -0.3 is 15.4 Å². The van der Waals surface area contributed by atoms with Crippen LogP contribution in [0.1, 0.15) is 21.6 Å². The second-order valence-electron chi connectivity index (χ2n) is 6.03. The number of rotatable bonds is 5. The number of pyridine rings is 1. The maximum absolute atomic E-state index is 12.4. The molecule has 0 aliphatic rings. The minimum absolute atomic E-state index is 0.234. The Labute approximate surface area is 153 Å². The molecule has 1 amide bonds. The van der Waals surface area contributed by atoms with Crippen molar-refractivity contribution in [2.24, 2.45) is 0 Å². The zero-order valence-electron chi connectivity index (χ0n) is 15.0. The van der Waals surface area contributed by atoms with Crippen LogP contribution in [0.2, 0.25) is 0 Å². The Morgan fingerprint density at radius 1 is 1.00 bits per heavy atom. The molecule has 0 atom stereocenters. The van der Waals surface area contributed by atoms with Gasteiger partial charge in [0, 0.05) is 5.69 Å². The number of carbonyl (C=O) groups is 1. The molecule has 26 heavy (non-hydrogen) atoms. The lowest BCUT2D eigenvalue weighted by Gasteiger charge is -2.11. The van der Waals surface area contributed by atoms with E-state index in [1.54, 1.807) is 19.4 Å². The van der Waals surface area contributed by atoms with E-state index in [-0.39, 0.29) is 5.91 Å². The predicted molar refractivity (Wildman–Crippen MR) is 104 cm³/mol. The van der Waals surface area contributed by atoms with Gasteiger partial charge >= 0.3 is 0 Å². The molecule has 0 aliphatic heterocycles. The molecule has 0 bridgehead atoms. The Hall–Kier alpha value is -3.34. The first-order valence-corrected chi connectivity index (χ1v) is 8.31. The topological polar surface area (TPSA) is 63.2 Å². The zero-order chi connectivity index (χ0) is 18.5. The van der Waals surface area contributed by atoms with Crippen molar-refractivity contribution in [3.05, 3.63) is 77.6 Å². The summed E-state index contributed by atoms with van der Waals surface area (Å²) in [5, 5.41) is 6.15. The lowest BCUT2D eigenvalue weighted by atomic mass is 10.1. The van der Waals surface area contributed by atoms with Crippen LogP contribution < -0.4 is 15.4 Å². The number of para-hydroxylation sites is 2. The van der Waals surface area contributed by atoms with Crippen molar-refractivity contribution < 1.29 is 9.53 Å². The molecule has 1 heterocycles. The second-order valence-corrected chi connectivity index (χ2v) is 6.03. The van der Waals surface area contributed by atoms with Gasteiger partial charge in [-0.2, -0.15) is 0 Å². The standard InChI is InChI=1S/C21H21N3O2/c1-14-8-9-15(2)19(12-14)24-21(25)18-11-10-16(13-22-18)23-17-6-4-5-7-20(17)26-3/h4-13,23H,1-3H3,(H,24,25). The van der Waals surface area contributed by atoms with Crippen LogP contribution in [-0.4, -0.2) is 18.0 Å². The summed E-state index contributed by atoms with van der Waals surface area (Å²) in [6.07, 6.45) is 1.63. The summed E-state index contributed by atoms with van der Waals surface area (Å²) in [7, 11) is 1.62. The van der Waals surface area contributed by atoms with Gasteiger partial charge in [-0.25, -0.2) is 4.98 Å². The minimum atomic E-state index is -0.234. The molecule has 3 aromatic rings. The molecular weight excluding hydrogens is 326 g/mol. The number of carbonyl (C=O) groups excluding carboxylic acids is 1. The molecule has 2 N–H and O–H groups in total. The first-order chi connectivity index (χ1) is 12.6. The highest BCUT2D eigenvalue weighted by Crippen LogP contribution is 2.26. The van der Waals surface area contributed by atoms with Crippen LogP contribution in [0, 0.1) is 13.8 Å². The third-order valence-corrected chi connectivity index (χ3v) is 4.02. The highest BCUT2D eigenvalue weighted by Gasteiger charge is 2.10. The van der Waals surface area contributed by atoms with Crippen LogP contribution in [0.3, 0.4) is 0 Å². The smallest absolute Gasteiger partial charge is 0.274 e. The van der Waals surface area contributed by atoms with Crippen molar-refractivity contribution >= 4 is 23.0 Å². The molecule has 0 saturated carbocycles. The highest BCUT2D eigenvalue weighted by atomic mass is 16.5. The van der Waals surface area contributed by atoms with Gasteiger partial charge in [0.2, 0.25) is 0 Å². The summed E-state index contributed by atoms with van der Waals surface area (Å²) in [4.78, 5) is 16.7. The van der Waals surface area contributed by atoms with Gasteiger partial charge in [-0.15, -0.1) is 0 Å². The summed E-state index contributed by atoms with van der Waals surface area (Å²) in [6.45, 7) is 3.95. The number of amides is 1. The predicted octanol–water partition coefficient (Wildman–Crippen LogP) is 4.70. The van der Waals surface area contributed by atoms with E-state index in [1.165, 1.54) is 0 Å². The van der Waals surface area contributed by atoms with Crippen molar-refractivity contribution in [1.29, 1.82) is 0 Å². The summed E-state index contributed by atoms with van der Waals surface area (Å²) < 4.78 is 5.32. The van der Waals surface area contributed by atoms with Gasteiger partial charge in [0.25, 0.3) is 5.91 Å². The van der Waals surface area contributed by atoms with E-state index in [0.29, 0.717) is 5.69 Å². The first-order valence-electron chi connectivity index (χ1n) is 8.31. The largest absolute Gasteiger partial charge is 0.495 e. The normalized spacial score (nSPS) is 10.3. The van der Waals surface area contributed by atoms with Crippen LogP contribution in [0.25, 0.3) is 0 Å². The Kier molecular flexibility index (Phi) is 5.17. The molecule has 2 aromatic carbocycles. The summed E-state index contributed by atoms with van der Waals surface area (Å²) in [5.41, 5.74) is 4.88. The van der Waals surface area contributed by atoms with Crippen LogP contribution in [0.5, 0.6) is 5.75 Å². The third-order valence-electron chi connectivity index (χ3n) is 4.02. The molecule has 0 unspecified atom stereocenters. The molecule has 0 spiro atoms. The molecule has 0 fully saturated rings. The van der Waals surface area contributed by atoms with Gasteiger partial charge in [0.05, 0.1) is 24.7 Å². The van der Waals surface area contributed by atoms with Gasteiger partial charge in [0.15, 0.2) is 0 Å². The number of aromatic nitrogens is 1. The number of anilines is 3. The molecule has 5 nitrogen and oxygen atoms in total. The van der Waals surface area contributed by atoms with E-state index in [9.17, 15) is 4.79 Å². The van der Waals surface area contributed by atoms with E-state index in [1.807, 2.05) is 62.4 Å². The van der Waals surface area contributed by atoms with Gasteiger partial charge in [-0.1, -0.05) is 24.3 Å². The van der Waals surface area contributed by atoms with Crippen LogP contribution >= 0.6 is 0 Å². The fraction of sp³-hybridized carbons (Fsp3) is 0.143. The van der Waals surface area contributed by atoms with Crippen molar-refractivity contribution in [3.63, 3.8) is 0 Å². The lowest BCUT2D eigenvalue weighted by molar-refractivity contribution is 0.102. The molecule has 132 valence electrons. The lowest BCUT2D eigenvalue weighted by Crippen LogP contribution is -2.14. The second kappa shape index (κ2) is 7.70.